The highest BCUT2D eigenvalue weighted by molar-refractivity contribution is 7.10. The van der Waals surface area contributed by atoms with Gasteiger partial charge in [0.25, 0.3) is 0 Å². The Bertz CT molecular complexity index is 1300. The number of thiazole rings is 1. The van der Waals surface area contributed by atoms with Crippen molar-refractivity contribution in [3.63, 3.8) is 0 Å². The highest BCUT2D eigenvalue weighted by Crippen LogP contribution is 2.35. The lowest BCUT2D eigenvalue weighted by Crippen LogP contribution is -2.16. The minimum atomic E-state index is -4.67. The Morgan fingerprint density at radius 1 is 1.00 bits per heavy atom. The number of aromatic nitrogens is 1. The highest BCUT2D eigenvalue weighted by atomic mass is 32.1. The molecule has 1 aliphatic rings. The maximum Gasteiger partial charge on any atom is 0.418 e. The van der Waals surface area contributed by atoms with Gasteiger partial charge < -0.3 is 5.11 Å². The fourth-order valence-corrected chi connectivity index (χ4v) is 3.58. The molecule has 0 fully saturated rings. The molecular formula is C18H10F3N5O2S. The molecule has 7 nitrogen and oxygen atoms in total. The van der Waals surface area contributed by atoms with Crippen LogP contribution in [0.25, 0.3) is 17.6 Å². The molecule has 29 heavy (non-hydrogen) atoms. The number of rotatable bonds is 2. The van der Waals surface area contributed by atoms with E-state index < -0.39 is 28.2 Å². The third-order valence-corrected chi connectivity index (χ3v) is 4.93. The summed E-state index contributed by atoms with van der Waals surface area (Å²) in [5, 5.41) is 26.0. The number of aromatic hydroxyl groups is 1. The molecule has 146 valence electrons. The van der Waals surface area contributed by atoms with Crippen LogP contribution >= 0.6 is 11.3 Å². The van der Waals surface area contributed by atoms with E-state index >= 15 is 0 Å². The van der Waals surface area contributed by atoms with Crippen LogP contribution in [0.4, 0.5) is 13.2 Å². The highest BCUT2D eigenvalue weighted by Gasteiger charge is 2.34. The van der Waals surface area contributed by atoms with Crippen LogP contribution in [0, 0.1) is 0 Å². The van der Waals surface area contributed by atoms with Crippen molar-refractivity contribution >= 4 is 23.2 Å². The molecule has 4 rings (SSSR count). The molecule has 1 aliphatic heterocycles. The van der Waals surface area contributed by atoms with Gasteiger partial charge in [-0.1, -0.05) is 47.7 Å². The van der Waals surface area contributed by atoms with Crippen molar-refractivity contribution < 1.29 is 18.3 Å². The van der Waals surface area contributed by atoms with Gasteiger partial charge in [0.1, 0.15) is 0 Å². The van der Waals surface area contributed by atoms with E-state index in [9.17, 15) is 23.1 Å². The maximum atomic E-state index is 13.3. The number of benzene rings is 2. The van der Waals surface area contributed by atoms with E-state index in [1.54, 1.807) is 24.3 Å². The number of para-hydroxylation sites is 1. The van der Waals surface area contributed by atoms with Gasteiger partial charge in [-0.15, -0.1) is 10.2 Å². The second kappa shape index (κ2) is 7.09. The first-order chi connectivity index (χ1) is 13.8. The smallest absolute Gasteiger partial charge is 0.418 e. The molecule has 0 bridgehead atoms. The van der Waals surface area contributed by atoms with Gasteiger partial charge in [0.05, 0.1) is 16.1 Å². The standard InChI is InChI=1S/C18H10F3N5O2S/c19-18(20,21)12-3-1-2-4-13(12)26-16(27)14(29-17(26)28)9-10-5-7-11(8-6-10)15-22-24-25-23-15/h1-9,27H. The summed E-state index contributed by atoms with van der Waals surface area (Å²) in [6.07, 6.45) is -3.17. The van der Waals surface area contributed by atoms with Crippen molar-refractivity contribution in [1.82, 2.24) is 4.57 Å². The molecule has 0 atom stereocenters. The average Bonchev–Trinajstić information content (AvgIpc) is 3.31. The number of alkyl halides is 3. The fraction of sp³-hybridized carbons (Fsp3) is 0.0556. The zero-order chi connectivity index (χ0) is 20.6. The molecule has 3 aromatic rings. The van der Waals surface area contributed by atoms with E-state index in [-0.39, 0.29) is 4.88 Å². The second-order valence-corrected chi connectivity index (χ2v) is 6.87. The van der Waals surface area contributed by atoms with Gasteiger partial charge in [0.2, 0.25) is 11.7 Å². The topological polar surface area (TPSA) is 91.7 Å². The number of hydrogen-bond acceptors (Lipinski definition) is 7. The SMILES string of the molecule is O=c1sc(C=c2ccc(=C3N=NN=N3)cc2)c(O)n1-c1ccccc1C(F)(F)F. The lowest BCUT2D eigenvalue weighted by atomic mass is 10.1. The maximum absolute atomic E-state index is 13.3. The molecule has 0 spiro atoms. The second-order valence-electron chi connectivity index (χ2n) is 5.87. The van der Waals surface area contributed by atoms with E-state index in [2.05, 4.69) is 20.7 Å². The molecule has 2 aromatic carbocycles. The summed E-state index contributed by atoms with van der Waals surface area (Å²) in [5.74, 6) is -0.215. The largest absolute Gasteiger partial charge is 0.493 e. The zero-order valence-electron chi connectivity index (χ0n) is 14.3. The Kier molecular flexibility index (Phi) is 4.59. The van der Waals surface area contributed by atoms with Crippen molar-refractivity contribution in [2.75, 3.05) is 0 Å². The minimum Gasteiger partial charge on any atom is -0.493 e. The molecule has 0 saturated carbocycles. The lowest BCUT2D eigenvalue weighted by molar-refractivity contribution is -0.137. The predicted octanol–water partition coefficient (Wildman–Crippen LogP) is 3.35. The van der Waals surface area contributed by atoms with Crippen LogP contribution in [-0.2, 0) is 6.18 Å². The molecule has 0 aliphatic carbocycles. The number of nitrogens with zero attached hydrogens (tertiary/aromatic N) is 5. The van der Waals surface area contributed by atoms with E-state index in [1.165, 1.54) is 18.2 Å². The third kappa shape index (κ3) is 3.59. The summed E-state index contributed by atoms with van der Waals surface area (Å²) in [5.41, 5.74) is -1.44. The molecule has 0 saturated heterocycles. The van der Waals surface area contributed by atoms with Crippen molar-refractivity contribution in [1.29, 1.82) is 0 Å². The fourth-order valence-electron chi connectivity index (χ4n) is 2.74. The van der Waals surface area contributed by atoms with Crippen molar-refractivity contribution in [2.24, 2.45) is 20.7 Å². The van der Waals surface area contributed by atoms with Gasteiger partial charge in [-0.05, 0) is 33.9 Å². The number of hydrogen-bond donors (Lipinski definition) is 1. The molecule has 1 aromatic heterocycles. The lowest BCUT2D eigenvalue weighted by Gasteiger charge is -2.13. The Hall–Kier alpha value is -3.60. The molecule has 0 unspecified atom stereocenters. The summed E-state index contributed by atoms with van der Waals surface area (Å²) >= 11 is 0.642. The van der Waals surface area contributed by atoms with E-state index in [4.69, 9.17) is 0 Å². The molecule has 0 amide bonds. The Morgan fingerprint density at radius 2 is 1.66 bits per heavy atom. The quantitative estimate of drug-likeness (QED) is 0.693. The van der Waals surface area contributed by atoms with Gasteiger partial charge in [-0.3, -0.25) is 4.79 Å². The summed E-state index contributed by atoms with van der Waals surface area (Å²) in [6.45, 7) is 0. The van der Waals surface area contributed by atoms with Crippen LogP contribution in [0.2, 0.25) is 0 Å². The Labute approximate surface area is 164 Å². The number of halogens is 3. The summed E-state index contributed by atoms with van der Waals surface area (Å²) in [6, 6.07) is 11.3. The normalized spacial score (nSPS) is 13.3. The van der Waals surface area contributed by atoms with E-state index in [0.717, 1.165) is 12.1 Å². The van der Waals surface area contributed by atoms with Gasteiger partial charge in [-0.2, -0.15) is 13.2 Å². The van der Waals surface area contributed by atoms with Gasteiger partial charge in [0.15, 0.2) is 0 Å². The predicted molar refractivity (Wildman–Crippen MR) is 99.0 cm³/mol. The van der Waals surface area contributed by atoms with Crippen molar-refractivity contribution in [3.05, 3.63) is 79.1 Å². The molecule has 11 heteroatoms. The van der Waals surface area contributed by atoms with Gasteiger partial charge in [-0.25, -0.2) is 4.57 Å². The van der Waals surface area contributed by atoms with Crippen LogP contribution < -0.4 is 15.3 Å². The van der Waals surface area contributed by atoms with Gasteiger partial charge in [0, 0.05) is 5.22 Å². The van der Waals surface area contributed by atoms with Crippen LogP contribution in [-0.4, -0.2) is 9.67 Å². The first kappa shape index (κ1) is 18.7. The van der Waals surface area contributed by atoms with Gasteiger partial charge >= 0.3 is 11.0 Å². The van der Waals surface area contributed by atoms with Crippen molar-refractivity contribution in [2.45, 2.75) is 6.18 Å². The minimum absolute atomic E-state index is 0.132. The Balaban J connectivity index is 1.81. The molecule has 1 N–H and O–H groups in total. The van der Waals surface area contributed by atoms with Crippen LogP contribution in [0.1, 0.15) is 10.4 Å². The first-order valence-corrected chi connectivity index (χ1v) is 8.91. The Morgan fingerprint density at radius 3 is 2.31 bits per heavy atom. The van der Waals surface area contributed by atoms with E-state index in [1.807, 2.05) is 0 Å². The zero-order valence-corrected chi connectivity index (χ0v) is 15.1. The molecule has 0 radical (unpaired) electrons. The van der Waals surface area contributed by atoms with Crippen molar-refractivity contribution in [3.8, 4) is 11.6 Å². The average molecular weight is 417 g/mol. The summed E-state index contributed by atoms with van der Waals surface area (Å²) < 4.78 is 40.5. The molecular weight excluding hydrogens is 407 g/mol. The third-order valence-electron chi connectivity index (χ3n) is 4.05. The van der Waals surface area contributed by atoms with Crippen LogP contribution in [0.3, 0.4) is 0 Å². The first-order valence-electron chi connectivity index (χ1n) is 8.10. The van der Waals surface area contributed by atoms with Crippen LogP contribution in [0.15, 0.2) is 74.0 Å². The molecule has 2 heterocycles. The monoisotopic (exact) mass is 417 g/mol. The van der Waals surface area contributed by atoms with E-state index in [0.29, 0.717) is 32.2 Å². The summed E-state index contributed by atoms with van der Waals surface area (Å²) in [4.78, 5) is 11.7. The summed E-state index contributed by atoms with van der Waals surface area (Å²) in [7, 11) is 0. The van der Waals surface area contributed by atoms with Crippen LogP contribution in [0.5, 0.6) is 5.88 Å².